The van der Waals surface area contributed by atoms with Gasteiger partial charge < -0.3 is 16.4 Å². The van der Waals surface area contributed by atoms with Gasteiger partial charge >= 0.3 is 0 Å². The predicted octanol–water partition coefficient (Wildman–Crippen LogP) is 0.298. The fraction of sp³-hybridized carbons (Fsp3) is 0.533. The Labute approximate surface area is 123 Å². The number of piperidine rings is 1. The molecular formula is C15H20N4O2. The van der Waals surface area contributed by atoms with Crippen molar-refractivity contribution in [1.29, 1.82) is 0 Å². The van der Waals surface area contributed by atoms with E-state index in [1.54, 1.807) is 0 Å². The number of pyridine rings is 1. The lowest BCUT2D eigenvalue weighted by molar-refractivity contribution is 0.0939. The third kappa shape index (κ3) is 3.21. The molecule has 0 aromatic carbocycles. The average Bonchev–Trinajstić information content (AvgIpc) is 3.27. The average molecular weight is 288 g/mol. The molecule has 2 fully saturated rings. The lowest BCUT2D eigenvalue weighted by Gasteiger charge is -2.22. The summed E-state index contributed by atoms with van der Waals surface area (Å²) in [5.74, 6) is 0.623. The summed E-state index contributed by atoms with van der Waals surface area (Å²) in [4.78, 5) is 27.1. The Morgan fingerprint density at radius 2 is 2.05 bits per heavy atom. The van der Waals surface area contributed by atoms with Crippen LogP contribution >= 0.6 is 0 Å². The maximum absolute atomic E-state index is 12.1. The van der Waals surface area contributed by atoms with Gasteiger partial charge in [-0.2, -0.15) is 0 Å². The minimum atomic E-state index is -0.539. The van der Waals surface area contributed by atoms with E-state index in [4.69, 9.17) is 5.73 Å². The van der Waals surface area contributed by atoms with E-state index in [-0.39, 0.29) is 11.9 Å². The molecule has 1 aliphatic heterocycles. The van der Waals surface area contributed by atoms with Crippen LogP contribution in [0.15, 0.2) is 18.3 Å². The molecule has 2 aliphatic rings. The van der Waals surface area contributed by atoms with Gasteiger partial charge in [0.25, 0.3) is 5.91 Å². The molecule has 0 bridgehead atoms. The summed E-state index contributed by atoms with van der Waals surface area (Å²) in [6.45, 7) is 2.16. The number of hydrogen-bond acceptors (Lipinski definition) is 4. The van der Waals surface area contributed by atoms with Gasteiger partial charge in [0.2, 0.25) is 5.91 Å². The minimum Gasteiger partial charge on any atom is -0.366 e. The molecule has 1 saturated heterocycles. The van der Waals surface area contributed by atoms with Crippen LogP contribution in [0.2, 0.25) is 0 Å². The molecule has 112 valence electrons. The highest BCUT2D eigenvalue weighted by Crippen LogP contribution is 2.41. The molecule has 4 N–H and O–H groups in total. The van der Waals surface area contributed by atoms with Crippen LogP contribution in [-0.4, -0.2) is 35.9 Å². The van der Waals surface area contributed by atoms with Gasteiger partial charge in [-0.1, -0.05) is 0 Å². The molecule has 1 aromatic heterocycles. The Balaban J connectivity index is 1.54. The highest BCUT2D eigenvalue weighted by Gasteiger charge is 2.43. The number of aromatic nitrogens is 1. The van der Waals surface area contributed by atoms with Gasteiger partial charge in [-0.15, -0.1) is 0 Å². The minimum absolute atomic E-state index is 0.174. The summed E-state index contributed by atoms with van der Waals surface area (Å²) in [5.41, 5.74) is 5.79. The first-order chi connectivity index (χ1) is 10.1. The molecule has 1 aliphatic carbocycles. The quantitative estimate of drug-likeness (QED) is 0.742. The molecule has 3 rings (SSSR count). The standard InChI is InChI=1S/C15H20N4O2/c16-14(20)10-1-2-12(18-8-10)15(21)19-13-7-11(13)9-3-5-17-6-4-9/h1-2,8-9,11,13,17H,3-7H2,(H2,16,20)(H,19,21)/t11-,13+/m0/s1. The topological polar surface area (TPSA) is 97.1 Å². The van der Waals surface area contributed by atoms with Crippen LogP contribution in [0.5, 0.6) is 0 Å². The summed E-state index contributed by atoms with van der Waals surface area (Å²) in [6, 6.07) is 3.34. The first-order valence-corrected chi connectivity index (χ1v) is 7.42. The Bertz CT molecular complexity index is 537. The second kappa shape index (κ2) is 5.81. The predicted molar refractivity (Wildman–Crippen MR) is 77.7 cm³/mol. The van der Waals surface area contributed by atoms with E-state index in [1.807, 2.05) is 0 Å². The van der Waals surface area contributed by atoms with E-state index in [0.717, 1.165) is 25.4 Å². The number of nitrogens with zero attached hydrogens (tertiary/aromatic N) is 1. The SMILES string of the molecule is NC(=O)c1ccc(C(=O)N[C@@H]2C[C@H]2C2CCNCC2)nc1. The number of primary amides is 1. The molecule has 6 nitrogen and oxygen atoms in total. The van der Waals surface area contributed by atoms with Gasteiger partial charge in [0.05, 0.1) is 5.56 Å². The molecule has 0 radical (unpaired) electrons. The van der Waals surface area contributed by atoms with Gasteiger partial charge in [-0.3, -0.25) is 14.6 Å². The van der Waals surface area contributed by atoms with Crippen LogP contribution in [0.25, 0.3) is 0 Å². The molecular weight excluding hydrogens is 268 g/mol. The third-order valence-electron chi connectivity index (χ3n) is 4.43. The zero-order chi connectivity index (χ0) is 14.8. The zero-order valence-corrected chi connectivity index (χ0v) is 11.8. The lowest BCUT2D eigenvalue weighted by Crippen LogP contribution is -2.32. The number of amides is 2. The molecule has 21 heavy (non-hydrogen) atoms. The van der Waals surface area contributed by atoms with E-state index in [2.05, 4.69) is 15.6 Å². The molecule has 2 atom stereocenters. The van der Waals surface area contributed by atoms with Crippen LogP contribution in [0.3, 0.4) is 0 Å². The van der Waals surface area contributed by atoms with Crippen molar-refractivity contribution < 1.29 is 9.59 Å². The van der Waals surface area contributed by atoms with Crippen molar-refractivity contribution in [3.05, 3.63) is 29.6 Å². The Kier molecular flexibility index (Phi) is 3.88. The number of carbonyl (C=O) groups is 2. The molecule has 1 aromatic rings. The molecule has 2 amide bonds. The normalized spacial score (nSPS) is 25.3. The van der Waals surface area contributed by atoms with Crippen molar-refractivity contribution in [3.63, 3.8) is 0 Å². The highest BCUT2D eigenvalue weighted by molar-refractivity contribution is 5.95. The molecule has 1 saturated carbocycles. The van der Waals surface area contributed by atoms with Crippen molar-refractivity contribution >= 4 is 11.8 Å². The molecule has 0 unspecified atom stereocenters. The van der Waals surface area contributed by atoms with E-state index in [1.165, 1.54) is 31.2 Å². The van der Waals surface area contributed by atoms with Crippen LogP contribution in [0.1, 0.15) is 40.1 Å². The number of rotatable bonds is 4. The first-order valence-electron chi connectivity index (χ1n) is 7.42. The molecule has 6 heteroatoms. The van der Waals surface area contributed by atoms with E-state index in [9.17, 15) is 9.59 Å². The van der Waals surface area contributed by atoms with Gasteiger partial charge in [-0.05, 0) is 56.3 Å². The van der Waals surface area contributed by atoms with E-state index in [0.29, 0.717) is 17.2 Å². The summed E-state index contributed by atoms with van der Waals surface area (Å²) in [6.07, 6.45) is 4.80. The number of hydrogen-bond donors (Lipinski definition) is 3. The summed E-state index contributed by atoms with van der Waals surface area (Å²) in [5, 5.41) is 6.39. The van der Waals surface area contributed by atoms with Gasteiger partial charge in [-0.25, -0.2) is 0 Å². The summed E-state index contributed by atoms with van der Waals surface area (Å²) in [7, 11) is 0. The number of nitrogens with one attached hydrogen (secondary N) is 2. The second-order valence-electron chi connectivity index (χ2n) is 5.86. The van der Waals surface area contributed by atoms with Crippen molar-refractivity contribution in [2.45, 2.75) is 25.3 Å². The van der Waals surface area contributed by atoms with Crippen LogP contribution in [-0.2, 0) is 0 Å². The largest absolute Gasteiger partial charge is 0.366 e. The fourth-order valence-electron chi connectivity index (χ4n) is 3.09. The van der Waals surface area contributed by atoms with Crippen LogP contribution < -0.4 is 16.4 Å². The maximum atomic E-state index is 12.1. The zero-order valence-electron chi connectivity index (χ0n) is 11.8. The highest BCUT2D eigenvalue weighted by atomic mass is 16.2. The molecule has 2 heterocycles. The van der Waals surface area contributed by atoms with Crippen molar-refractivity contribution in [2.75, 3.05) is 13.1 Å². The van der Waals surface area contributed by atoms with Crippen molar-refractivity contribution in [2.24, 2.45) is 17.6 Å². The smallest absolute Gasteiger partial charge is 0.270 e. The van der Waals surface area contributed by atoms with Crippen LogP contribution in [0.4, 0.5) is 0 Å². The van der Waals surface area contributed by atoms with Gasteiger partial charge in [0.1, 0.15) is 5.69 Å². The first kappa shape index (κ1) is 14.0. The Hall–Kier alpha value is -1.95. The maximum Gasteiger partial charge on any atom is 0.270 e. The summed E-state index contributed by atoms with van der Waals surface area (Å²) < 4.78 is 0. The fourth-order valence-corrected chi connectivity index (χ4v) is 3.09. The van der Waals surface area contributed by atoms with Crippen molar-refractivity contribution in [1.82, 2.24) is 15.6 Å². The van der Waals surface area contributed by atoms with Gasteiger partial charge in [0, 0.05) is 12.2 Å². The Morgan fingerprint density at radius 1 is 1.29 bits per heavy atom. The third-order valence-corrected chi connectivity index (χ3v) is 4.43. The van der Waals surface area contributed by atoms with E-state index < -0.39 is 5.91 Å². The monoisotopic (exact) mass is 288 g/mol. The Morgan fingerprint density at radius 3 is 2.67 bits per heavy atom. The van der Waals surface area contributed by atoms with Crippen molar-refractivity contribution in [3.8, 4) is 0 Å². The van der Waals surface area contributed by atoms with E-state index >= 15 is 0 Å². The molecule has 0 spiro atoms. The van der Waals surface area contributed by atoms with Gasteiger partial charge in [0.15, 0.2) is 0 Å². The number of nitrogens with two attached hydrogens (primary N) is 1. The lowest BCUT2D eigenvalue weighted by atomic mass is 9.93. The van der Waals surface area contributed by atoms with Crippen LogP contribution in [0, 0.1) is 11.8 Å². The second-order valence-corrected chi connectivity index (χ2v) is 5.86. The number of carbonyl (C=O) groups excluding carboxylic acids is 2. The summed E-state index contributed by atoms with van der Waals surface area (Å²) >= 11 is 0.